The van der Waals surface area contributed by atoms with Crippen molar-refractivity contribution in [2.75, 3.05) is 19.0 Å². The summed E-state index contributed by atoms with van der Waals surface area (Å²) < 4.78 is 43.5. The fourth-order valence-corrected chi connectivity index (χ4v) is 1.80. The molecule has 1 aromatic carbocycles. The quantitative estimate of drug-likeness (QED) is 0.873. The maximum absolute atomic E-state index is 12.8. The van der Waals surface area contributed by atoms with E-state index < -0.39 is 11.7 Å². The number of halogens is 4. The lowest BCUT2D eigenvalue weighted by Crippen LogP contribution is -2.25. The first-order chi connectivity index (χ1) is 8.40. The van der Waals surface area contributed by atoms with Crippen LogP contribution in [-0.2, 0) is 10.9 Å². The van der Waals surface area contributed by atoms with Gasteiger partial charge in [0.25, 0.3) is 0 Å². The lowest BCUT2D eigenvalue weighted by atomic mass is 10.1. The SMILES string of the molecule is CCC(COC)Nc1c(Cl)cccc1C(F)(F)F. The minimum atomic E-state index is -4.43. The normalized spacial score (nSPS) is 13.4. The van der Waals surface area contributed by atoms with E-state index in [9.17, 15) is 13.2 Å². The molecule has 1 N–H and O–H groups in total. The van der Waals surface area contributed by atoms with E-state index in [1.807, 2.05) is 6.92 Å². The van der Waals surface area contributed by atoms with Crippen molar-refractivity contribution in [3.63, 3.8) is 0 Å². The molecule has 2 nitrogen and oxygen atoms in total. The molecule has 1 aromatic rings. The first-order valence-electron chi connectivity index (χ1n) is 5.51. The highest BCUT2D eigenvalue weighted by atomic mass is 35.5. The average Bonchev–Trinajstić information content (AvgIpc) is 2.29. The van der Waals surface area contributed by atoms with Gasteiger partial charge in [-0.25, -0.2) is 0 Å². The zero-order chi connectivity index (χ0) is 13.8. The van der Waals surface area contributed by atoms with E-state index in [-0.39, 0.29) is 16.8 Å². The Morgan fingerprint density at radius 1 is 1.39 bits per heavy atom. The van der Waals surface area contributed by atoms with Crippen molar-refractivity contribution in [2.24, 2.45) is 0 Å². The van der Waals surface area contributed by atoms with Crippen LogP contribution in [0.3, 0.4) is 0 Å². The van der Waals surface area contributed by atoms with Crippen LogP contribution in [0.25, 0.3) is 0 Å². The minimum absolute atomic E-state index is 0.0550. The number of alkyl halides is 3. The molecule has 0 saturated carbocycles. The summed E-state index contributed by atoms with van der Waals surface area (Å²) in [6.45, 7) is 2.18. The number of para-hydroxylation sites is 1. The van der Waals surface area contributed by atoms with E-state index in [1.54, 1.807) is 0 Å². The molecule has 0 aromatic heterocycles. The second kappa shape index (κ2) is 6.29. The zero-order valence-electron chi connectivity index (χ0n) is 10.1. The predicted octanol–water partition coefficient (Wildman–Crippen LogP) is 4.20. The number of benzene rings is 1. The van der Waals surface area contributed by atoms with Gasteiger partial charge in [0, 0.05) is 13.2 Å². The van der Waals surface area contributed by atoms with Gasteiger partial charge in [0.15, 0.2) is 0 Å². The zero-order valence-corrected chi connectivity index (χ0v) is 10.9. The summed E-state index contributed by atoms with van der Waals surface area (Å²) in [6.07, 6.45) is -3.80. The maximum Gasteiger partial charge on any atom is 0.418 e. The van der Waals surface area contributed by atoms with Crippen LogP contribution in [0.4, 0.5) is 18.9 Å². The fraction of sp³-hybridized carbons (Fsp3) is 0.500. The van der Waals surface area contributed by atoms with Crippen molar-refractivity contribution in [1.82, 2.24) is 0 Å². The minimum Gasteiger partial charge on any atom is -0.383 e. The first-order valence-corrected chi connectivity index (χ1v) is 5.89. The van der Waals surface area contributed by atoms with Crippen molar-refractivity contribution in [3.05, 3.63) is 28.8 Å². The number of anilines is 1. The van der Waals surface area contributed by atoms with E-state index >= 15 is 0 Å². The van der Waals surface area contributed by atoms with Crippen molar-refractivity contribution in [3.8, 4) is 0 Å². The Morgan fingerprint density at radius 2 is 2.06 bits per heavy atom. The standard InChI is InChI=1S/C12H15ClF3NO/c1-3-8(7-18-2)17-11-9(12(14,15)16)5-4-6-10(11)13/h4-6,8,17H,3,7H2,1-2H3. The number of ether oxygens (including phenoxy) is 1. The molecule has 0 aliphatic heterocycles. The summed E-state index contributed by atoms with van der Waals surface area (Å²) in [7, 11) is 1.50. The largest absolute Gasteiger partial charge is 0.418 e. The third-order valence-corrected chi connectivity index (χ3v) is 2.84. The van der Waals surface area contributed by atoms with Crippen molar-refractivity contribution in [1.29, 1.82) is 0 Å². The highest BCUT2D eigenvalue weighted by Crippen LogP contribution is 2.38. The molecule has 0 bridgehead atoms. The molecule has 6 heteroatoms. The Kier molecular flexibility index (Phi) is 5.28. The summed E-state index contributed by atoms with van der Waals surface area (Å²) in [5, 5.41) is 2.85. The third kappa shape index (κ3) is 3.78. The molecule has 0 fully saturated rings. The Morgan fingerprint density at radius 3 is 2.56 bits per heavy atom. The van der Waals surface area contributed by atoms with Gasteiger partial charge in [0.05, 0.1) is 22.9 Å². The maximum atomic E-state index is 12.8. The molecular weight excluding hydrogens is 267 g/mol. The number of hydrogen-bond donors (Lipinski definition) is 1. The average molecular weight is 282 g/mol. The lowest BCUT2D eigenvalue weighted by molar-refractivity contribution is -0.137. The third-order valence-electron chi connectivity index (χ3n) is 2.53. The van der Waals surface area contributed by atoms with Gasteiger partial charge in [-0.15, -0.1) is 0 Å². The van der Waals surface area contributed by atoms with Crippen LogP contribution in [0.2, 0.25) is 5.02 Å². The highest BCUT2D eigenvalue weighted by Gasteiger charge is 2.34. The Hall–Kier alpha value is -0.940. The summed E-state index contributed by atoms with van der Waals surface area (Å²) in [6, 6.07) is 3.51. The molecule has 0 saturated heterocycles. The summed E-state index contributed by atoms with van der Waals surface area (Å²) >= 11 is 5.83. The van der Waals surface area contributed by atoms with Gasteiger partial charge in [-0.2, -0.15) is 13.2 Å². The molecule has 18 heavy (non-hydrogen) atoms. The first kappa shape index (κ1) is 15.1. The molecule has 0 aliphatic carbocycles. The molecule has 0 spiro atoms. The molecule has 102 valence electrons. The number of hydrogen-bond acceptors (Lipinski definition) is 2. The van der Waals surface area contributed by atoms with Gasteiger partial charge in [-0.05, 0) is 18.6 Å². The fourth-order valence-electron chi connectivity index (χ4n) is 1.57. The van der Waals surface area contributed by atoms with E-state index in [0.717, 1.165) is 6.07 Å². The van der Waals surface area contributed by atoms with Gasteiger partial charge >= 0.3 is 6.18 Å². The van der Waals surface area contributed by atoms with Crippen molar-refractivity contribution >= 4 is 17.3 Å². The molecule has 0 radical (unpaired) electrons. The second-order valence-corrected chi connectivity index (χ2v) is 4.27. The van der Waals surface area contributed by atoms with Gasteiger partial charge in [-0.1, -0.05) is 24.6 Å². The van der Waals surface area contributed by atoms with Crippen LogP contribution >= 0.6 is 11.6 Å². The predicted molar refractivity (Wildman–Crippen MR) is 66.0 cm³/mol. The second-order valence-electron chi connectivity index (χ2n) is 3.87. The van der Waals surface area contributed by atoms with E-state index in [4.69, 9.17) is 16.3 Å². The molecule has 1 unspecified atom stereocenters. The Labute approximate surface area is 109 Å². The molecule has 0 amide bonds. The Bertz CT molecular complexity index is 395. The summed E-state index contributed by atoms with van der Waals surface area (Å²) in [4.78, 5) is 0. The topological polar surface area (TPSA) is 21.3 Å². The summed E-state index contributed by atoms with van der Waals surface area (Å²) in [5.41, 5.74) is -0.847. The van der Waals surface area contributed by atoms with Crippen molar-refractivity contribution in [2.45, 2.75) is 25.6 Å². The number of methoxy groups -OCH3 is 1. The number of nitrogens with one attached hydrogen (secondary N) is 1. The highest BCUT2D eigenvalue weighted by molar-refractivity contribution is 6.33. The van der Waals surface area contributed by atoms with Crippen LogP contribution in [0, 0.1) is 0 Å². The summed E-state index contributed by atoms with van der Waals surface area (Å²) in [5.74, 6) is 0. The van der Waals surface area contributed by atoms with Crippen LogP contribution < -0.4 is 5.32 Å². The van der Waals surface area contributed by atoms with Gasteiger partial charge in [0.1, 0.15) is 0 Å². The molecule has 0 aliphatic rings. The monoisotopic (exact) mass is 281 g/mol. The lowest BCUT2D eigenvalue weighted by Gasteiger charge is -2.21. The van der Waals surface area contributed by atoms with Crippen LogP contribution in [0.15, 0.2) is 18.2 Å². The van der Waals surface area contributed by atoms with E-state index in [2.05, 4.69) is 5.32 Å². The molecule has 1 rings (SSSR count). The smallest absolute Gasteiger partial charge is 0.383 e. The Balaban J connectivity index is 3.06. The van der Waals surface area contributed by atoms with Gasteiger partial charge in [-0.3, -0.25) is 0 Å². The number of rotatable bonds is 5. The van der Waals surface area contributed by atoms with Crippen LogP contribution in [-0.4, -0.2) is 19.8 Å². The van der Waals surface area contributed by atoms with Crippen molar-refractivity contribution < 1.29 is 17.9 Å². The van der Waals surface area contributed by atoms with Gasteiger partial charge in [0.2, 0.25) is 0 Å². The van der Waals surface area contributed by atoms with Gasteiger partial charge < -0.3 is 10.1 Å². The van der Waals surface area contributed by atoms with E-state index in [0.29, 0.717) is 13.0 Å². The van der Waals surface area contributed by atoms with E-state index in [1.165, 1.54) is 19.2 Å². The molecule has 1 atom stereocenters. The molecule has 0 heterocycles. The van der Waals surface area contributed by atoms with Crippen LogP contribution in [0.5, 0.6) is 0 Å². The van der Waals surface area contributed by atoms with Crippen LogP contribution in [0.1, 0.15) is 18.9 Å². The molecular formula is C12H15ClF3NO.